The summed E-state index contributed by atoms with van der Waals surface area (Å²) in [4.78, 5) is 19.1. The zero-order valence-corrected chi connectivity index (χ0v) is 15.4. The zero-order chi connectivity index (χ0) is 17.9. The molecule has 1 unspecified atom stereocenters. The summed E-state index contributed by atoms with van der Waals surface area (Å²) >= 11 is 1.30. The van der Waals surface area contributed by atoms with Crippen molar-refractivity contribution in [3.63, 3.8) is 0 Å². The molecular weight excluding hydrogens is 344 g/mol. The van der Waals surface area contributed by atoms with Crippen LogP contribution >= 0.6 is 11.5 Å². The molecule has 1 fully saturated rings. The first-order valence-electron chi connectivity index (χ1n) is 8.69. The molecule has 1 aliphatic rings. The van der Waals surface area contributed by atoms with E-state index in [0.717, 1.165) is 24.1 Å². The van der Waals surface area contributed by atoms with E-state index in [2.05, 4.69) is 45.9 Å². The highest BCUT2D eigenvalue weighted by molar-refractivity contribution is 7.09. The molecule has 0 radical (unpaired) electrons. The van der Waals surface area contributed by atoms with Crippen LogP contribution in [0.25, 0.3) is 11.4 Å². The maximum atomic E-state index is 12.7. The highest BCUT2D eigenvalue weighted by Gasteiger charge is 2.32. The van der Waals surface area contributed by atoms with Crippen LogP contribution < -0.4 is 5.32 Å². The molecule has 1 amide bonds. The van der Waals surface area contributed by atoms with Crippen molar-refractivity contribution in [1.29, 1.82) is 0 Å². The fourth-order valence-corrected chi connectivity index (χ4v) is 3.72. The van der Waals surface area contributed by atoms with E-state index < -0.39 is 0 Å². The fourth-order valence-electron chi connectivity index (χ4n) is 3.08. The normalized spacial score (nSPS) is 16.9. The van der Waals surface area contributed by atoms with Crippen LogP contribution in [-0.4, -0.2) is 32.8 Å². The maximum absolute atomic E-state index is 12.7. The van der Waals surface area contributed by atoms with E-state index in [0.29, 0.717) is 17.5 Å². The summed E-state index contributed by atoms with van der Waals surface area (Å²) in [6.45, 7) is 3.48. The quantitative estimate of drug-likeness (QED) is 0.749. The van der Waals surface area contributed by atoms with Crippen LogP contribution in [0.5, 0.6) is 0 Å². The predicted octanol–water partition coefficient (Wildman–Crippen LogP) is 3.73. The Labute approximate surface area is 156 Å². The first-order chi connectivity index (χ1) is 12.7. The molecule has 132 valence electrons. The molecule has 26 heavy (non-hydrogen) atoms. The Bertz CT molecular complexity index is 892. The van der Waals surface area contributed by atoms with Gasteiger partial charge in [-0.05, 0) is 18.9 Å². The third kappa shape index (κ3) is 3.60. The van der Waals surface area contributed by atoms with Crippen LogP contribution in [0.4, 0.5) is 5.13 Å². The minimum absolute atomic E-state index is 0.127. The highest BCUT2D eigenvalue weighted by atomic mass is 32.1. The van der Waals surface area contributed by atoms with Crippen molar-refractivity contribution in [2.24, 2.45) is 0 Å². The second-order valence-corrected chi connectivity index (χ2v) is 7.27. The van der Waals surface area contributed by atoms with Gasteiger partial charge in [-0.3, -0.25) is 4.79 Å². The van der Waals surface area contributed by atoms with Crippen LogP contribution in [0.3, 0.4) is 0 Å². The summed E-state index contributed by atoms with van der Waals surface area (Å²) in [6.07, 6.45) is 0.783. The number of aromatic nitrogens is 2. The molecule has 1 atom stereocenters. The van der Waals surface area contributed by atoms with E-state index in [1.807, 2.05) is 35.2 Å². The minimum atomic E-state index is -0.225. The van der Waals surface area contributed by atoms with E-state index in [-0.39, 0.29) is 11.9 Å². The first kappa shape index (κ1) is 16.7. The maximum Gasteiger partial charge on any atom is 0.245 e. The summed E-state index contributed by atoms with van der Waals surface area (Å²) < 4.78 is 4.39. The molecule has 0 bridgehead atoms. The second-order valence-electron chi connectivity index (χ2n) is 6.52. The van der Waals surface area contributed by atoms with Gasteiger partial charge in [0.05, 0.1) is 0 Å². The molecule has 2 heterocycles. The van der Waals surface area contributed by atoms with Crippen molar-refractivity contribution < 1.29 is 4.79 Å². The first-order valence-corrected chi connectivity index (χ1v) is 9.46. The zero-order valence-electron chi connectivity index (χ0n) is 14.6. The molecule has 0 saturated carbocycles. The lowest BCUT2D eigenvalue weighted by Gasteiger charge is -2.17. The van der Waals surface area contributed by atoms with Crippen molar-refractivity contribution in [2.75, 3.05) is 11.9 Å². The van der Waals surface area contributed by atoms with Crippen molar-refractivity contribution >= 4 is 22.6 Å². The standard InChI is InChI=1S/C20H20N4OS/c1-14-7-9-15(10-8-14)13-24-12-11-17(19(24)25)21-20-22-18(23-26-20)16-5-3-2-4-6-16/h2-10,17H,11-13H2,1H3,(H,21,22,23). The number of amides is 1. The monoisotopic (exact) mass is 364 g/mol. The summed E-state index contributed by atoms with van der Waals surface area (Å²) in [6, 6.07) is 18.0. The number of benzene rings is 2. The number of aryl methyl sites for hydroxylation is 1. The molecule has 0 spiro atoms. The third-order valence-electron chi connectivity index (χ3n) is 4.55. The van der Waals surface area contributed by atoms with Crippen molar-refractivity contribution in [1.82, 2.24) is 14.3 Å². The molecule has 1 aliphatic heterocycles. The number of carbonyl (C=O) groups excluding carboxylic acids is 1. The van der Waals surface area contributed by atoms with E-state index in [4.69, 9.17) is 0 Å². The molecule has 1 aromatic heterocycles. The van der Waals surface area contributed by atoms with E-state index in [9.17, 15) is 4.79 Å². The number of hydrogen-bond donors (Lipinski definition) is 1. The van der Waals surface area contributed by atoms with Crippen molar-refractivity contribution in [3.05, 3.63) is 65.7 Å². The molecule has 5 nitrogen and oxygen atoms in total. The Morgan fingerprint density at radius 1 is 1.15 bits per heavy atom. The van der Waals surface area contributed by atoms with Gasteiger partial charge in [0.1, 0.15) is 6.04 Å². The topological polar surface area (TPSA) is 58.1 Å². The summed E-state index contributed by atoms with van der Waals surface area (Å²) in [5, 5.41) is 3.95. The Morgan fingerprint density at radius 3 is 2.69 bits per heavy atom. The van der Waals surface area contributed by atoms with E-state index >= 15 is 0 Å². The van der Waals surface area contributed by atoms with Gasteiger partial charge in [0.15, 0.2) is 5.82 Å². The number of hydrogen-bond acceptors (Lipinski definition) is 5. The van der Waals surface area contributed by atoms with Gasteiger partial charge in [0, 0.05) is 30.2 Å². The lowest BCUT2D eigenvalue weighted by atomic mass is 10.1. The number of anilines is 1. The Hall–Kier alpha value is -2.73. The number of carbonyl (C=O) groups is 1. The Morgan fingerprint density at radius 2 is 1.92 bits per heavy atom. The van der Waals surface area contributed by atoms with Crippen LogP contribution in [0.1, 0.15) is 17.5 Å². The van der Waals surface area contributed by atoms with Crippen LogP contribution in [0.15, 0.2) is 54.6 Å². The molecule has 0 aliphatic carbocycles. The van der Waals surface area contributed by atoms with Crippen molar-refractivity contribution in [2.45, 2.75) is 25.9 Å². The van der Waals surface area contributed by atoms with Crippen LogP contribution in [0, 0.1) is 6.92 Å². The number of likely N-dealkylation sites (tertiary alicyclic amines) is 1. The van der Waals surface area contributed by atoms with Gasteiger partial charge in [0.2, 0.25) is 11.0 Å². The van der Waals surface area contributed by atoms with Crippen LogP contribution in [-0.2, 0) is 11.3 Å². The summed E-state index contributed by atoms with van der Waals surface area (Å²) in [5.74, 6) is 0.821. The van der Waals surface area contributed by atoms with E-state index in [1.54, 1.807) is 0 Å². The molecule has 3 aromatic rings. The molecule has 6 heteroatoms. The second kappa shape index (κ2) is 7.25. The third-order valence-corrected chi connectivity index (χ3v) is 5.19. The Kier molecular flexibility index (Phi) is 4.67. The lowest BCUT2D eigenvalue weighted by Crippen LogP contribution is -2.33. The van der Waals surface area contributed by atoms with Gasteiger partial charge in [-0.2, -0.15) is 9.36 Å². The molecule has 1 saturated heterocycles. The molecule has 2 aromatic carbocycles. The fraction of sp³-hybridized carbons (Fsp3) is 0.250. The Balaban J connectivity index is 1.39. The van der Waals surface area contributed by atoms with Crippen molar-refractivity contribution in [3.8, 4) is 11.4 Å². The van der Waals surface area contributed by atoms with Gasteiger partial charge in [-0.25, -0.2) is 0 Å². The van der Waals surface area contributed by atoms with Gasteiger partial charge < -0.3 is 10.2 Å². The molecule has 1 N–H and O–H groups in total. The number of rotatable bonds is 5. The number of nitrogens with zero attached hydrogens (tertiary/aromatic N) is 3. The molecule has 4 rings (SSSR count). The van der Waals surface area contributed by atoms with Gasteiger partial charge in [-0.1, -0.05) is 60.2 Å². The summed E-state index contributed by atoms with van der Waals surface area (Å²) in [7, 11) is 0. The predicted molar refractivity (Wildman–Crippen MR) is 104 cm³/mol. The average molecular weight is 364 g/mol. The molecular formula is C20H20N4OS. The van der Waals surface area contributed by atoms with Crippen LogP contribution in [0.2, 0.25) is 0 Å². The van der Waals surface area contributed by atoms with Gasteiger partial charge >= 0.3 is 0 Å². The smallest absolute Gasteiger partial charge is 0.245 e. The minimum Gasteiger partial charge on any atom is -0.348 e. The SMILES string of the molecule is Cc1ccc(CN2CCC(Nc3nc(-c4ccccc4)ns3)C2=O)cc1. The lowest BCUT2D eigenvalue weighted by molar-refractivity contribution is -0.128. The number of nitrogens with one attached hydrogen (secondary N) is 1. The highest BCUT2D eigenvalue weighted by Crippen LogP contribution is 2.24. The largest absolute Gasteiger partial charge is 0.348 e. The van der Waals surface area contributed by atoms with Gasteiger partial charge in [-0.15, -0.1) is 0 Å². The van der Waals surface area contributed by atoms with E-state index in [1.165, 1.54) is 17.1 Å². The summed E-state index contributed by atoms with van der Waals surface area (Å²) in [5.41, 5.74) is 3.37. The van der Waals surface area contributed by atoms with Gasteiger partial charge in [0.25, 0.3) is 0 Å². The average Bonchev–Trinajstić information content (AvgIpc) is 3.27.